The molecule has 2 aliphatic heterocycles. The monoisotopic (exact) mass is 338 g/mol. The van der Waals surface area contributed by atoms with E-state index in [4.69, 9.17) is 4.74 Å². The minimum atomic E-state index is -0.250. The van der Waals surface area contributed by atoms with Gasteiger partial charge in [0.25, 0.3) is 0 Å². The zero-order valence-corrected chi connectivity index (χ0v) is 15.3. The lowest BCUT2D eigenvalue weighted by molar-refractivity contribution is -0.210. The van der Waals surface area contributed by atoms with E-state index in [1.165, 1.54) is 12.8 Å². The molecule has 1 aliphatic carbocycles. The first-order valence-electron chi connectivity index (χ1n) is 9.85. The SMILES string of the molecule is CCOC1CC(O)C12CCN(C(=O)CC(C)C1CCNCC1)CC2. The van der Waals surface area contributed by atoms with Crippen LogP contribution in [0.15, 0.2) is 0 Å². The van der Waals surface area contributed by atoms with E-state index in [0.29, 0.717) is 30.8 Å². The highest BCUT2D eigenvalue weighted by Gasteiger charge is 2.56. The maximum Gasteiger partial charge on any atom is 0.222 e. The highest BCUT2D eigenvalue weighted by molar-refractivity contribution is 5.76. The van der Waals surface area contributed by atoms with Crippen LogP contribution in [0.4, 0.5) is 0 Å². The second kappa shape index (κ2) is 7.71. The minimum Gasteiger partial charge on any atom is -0.392 e. The summed E-state index contributed by atoms with van der Waals surface area (Å²) in [5.74, 6) is 1.46. The third kappa shape index (κ3) is 3.49. The Bertz CT molecular complexity index is 426. The summed E-state index contributed by atoms with van der Waals surface area (Å²) >= 11 is 0. The predicted octanol–water partition coefficient (Wildman–Crippen LogP) is 1.79. The maximum atomic E-state index is 12.7. The van der Waals surface area contributed by atoms with Crippen molar-refractivity contribution in [3.63, 3.8) is 0 Å². The van der Waals surface area contributed by atoms with Gasteiger partial charge in [-0.3, -0.25) is 4.79 Å². The summed E-state index contributed by atoms with van der Waals surface area (Å²) < 4.78 is 5.81. The quantitative estimate of drug-likeness (QED) is 0.802. The number of rotatable bonds is 5. The molecule has 3 fully saturated rings. The molecule has 0 aromatic carbocycles. The molecule has 1 amide bonds. The molecule has 5 nitrogen and oxygen atoms in total. The number of carbonyl (C=O) groups excluding carboxylic acids is 1. The van der Waals surface area contributed by atoms with Crippen molar-refractivity contribution in [1.29, 1.82) is 0 Å². The molecule has 0 radical (unpaired) electrons. The predicted molar refractivity (Wildman–Crippen MR) is 93.7 cm³/mol. The van der Waals surface area contributed by atoms with Gasteiger partial charge in [0, 0.05) is 38.0 Å². The van der Waals surface area contributed by atoms with Gasteiger partial charge in [-0.15, -0.1) is 0 Å². The van der Waals surface area contributed by atoms with Gasteiger partial charge in [-0.25, -0.2) is 0 Å². The average Bonchev–Trinajstić information content (AvgIpc) is 2.62. The van der Waals surface area contributed by atoms with E-state index in [2.05, 4.69) is 12.2 Å². The molecule has 3 atom stereocenters. The first kappa shape index (κ1) is 18.2. The van der Waals surface area contributed by atoms with E-state index in [1.54, 1.807) is 0 Å². The van der Waals surface area contributed by atoms with E-state index in [1.807, 2.05) is 11.8 Å². The van der Waals surface area contributed by atoms with Crippen LogP contribution >= 0.6 is 0 Å². The van der Waals surface area contributed by atoms with E-state index < -0.39 is 0 Å². The molecule has 0 aromatic heterocycles. The summed E-state index contributed by atoms with van der Waals surface area (Å²) in [6.07, 6.45) is 5.52. The van der Waals surface area contributed by atoms with Gasteiger partial charge in [0.05, 0.1) is 12.2 Å². The first-order chi connectivity index (χ1) is 11.6. The molecular formula is C19H34N2O3. The molecule has 3 rings (SSSR count). The van der Waals surface area contributed by atoms with Crippen molar-refractivity contribution in [2.24, 2.45) is 17.3 Å². The number of ether oxygens (including phenoxy) is 1. The van der Waals surface area contributed by atoms with Crippen molar-refractivity contribution >= 4 is 5.91 Å². The van der Waals surface area contributed by atoms with Gasteiger partial charge in [-0.05, 0) is 57.5 Å². The van der Waals surface area contributed by atoms with Gasteiger partial charge >= 0.3 is 0 Å². The molecule has 5 heteroatoms. The van der Waals surface area contributed by atoms with Crippen LogP contribution < -0.4 is 5.32 Å². The van der Waals surface area contributed by atoms with Crippen molar-refractivity contribution in [3.05, 3.63) is 0 Å². The molecule has 3 aliphatic rings. The Hall–Kier alpha value is -0.650. The van der Waals surface area contributed by atoms with Crippen LogP contribution in [0.2, 0.25) is 0 Å². The fourth-order valence-corrected chi connectivity index (χ4v) is 4.97. The van der Waals surface area contributed by atoms with Crippen molar-refractivity contribution in [2.75, 3.05) is 32.8 Å². The molecule has 3 unspecified atom stereocenters. The summed E-state index contributed by atoms with van der Waals surface area (Å²) in [5, 5.41) is 13.7. The van der Waals surface area contributed by atoms with E-state index in [0.717, 1.165) is 45.4 Å². The molecule has 138 valence electrons. The molecule has 0 bridgehead atoms. The minimum absolute atomic E-state index is 0.0898. The van der Waals surface area contributed by atoms with Crippen LogP contribution in [0, 0.1) is 17.3 Å². The first-order valence-corrected chi connectivity index (χ1v) is 9.85. The number of likely N-dealkylation sites (tertiary alicyclic amines) is 1. The number of piperidine rings is 2. The summed E-state index contributed by atoms with van der Waals surface area (Å²) in [6.45, 7) is 8.68. The van der Waals surface area contributed by atoms with Crippen LogP contribution in [-0.4, -0.2) is 60.9 Å². The largest absolute Gasteiger partial charge is 0.392 e. The van der Waals surface area contributed by atoms with E-state index >= 15 is 0 Å². The van der Waals surface area contributed by atoms with Crippen molar-refractivity contribution in [1.82, 2.24) is 10.2 Å². The Morgan fingerprint density at radius 2 is 2.00 bits per heavy atom. The summed E-state index contributed by atoms with van der Waals surface area (Å²) in [4.78, 5) is 14.7. The lowest BCUT2D eigenvalue weighted by atomic mass is 9.58. The van der Waals surface area contributed by atoms with Crippen molar-refractivity contribution in [2.45, 2.75) is 64.6 Å². The lowest BCUT2D eigenvalue weighted by Gasteiger charge is -2.56. The highest BCUT2D eigenvalue weighted by Crippen LogP contribution is 2.51. The number of nitrogens with one attached hydrogen (secondary N) is 1. The molecular weight excluding hydrogens is 304 g/mol. The highest BCUT2D eigenvalue weighted by atomic mass is 16.5. The molecule has 2 N–H and O–H groups in total. The molecule has 0 aromatic rings. The van der Waals surface area contributed by atoms with Crippen LogP contribution in [0.5, 0.6) is 0 Å². The van der Waals surface area contributed by atoms with Crippen LogP contribution in [0.3, 0.4) is 0 Å². The smallest absolute Gasteiger partial charge is 0.222 e. The number of carbonyl (C=O) groups is 1. The van der Waals surface area contributed by atoms with E-state index in [9.17, 15) is 9.90 Å². The van der Waals surface area contributed by atoms with Crippen LogP contribution in [0.1, 0.15) is 52.4 Å². The molecule has 1 spiro atoms. The van der Waals surface area contributed by atoms with Crippen molar-refractivity contribution in [3.8, 4) is 0 Å². The van der Waals surface area contributed by atoms with Gasteiger partial charge < -0.3 is 20.1 Å². The molecule has 24 heavy (non-hydrogen) atoms. The second-order valence-corrected chi connectivity index (χ2v) is 8.08. The van der Waals surface area contributed by atoms with Crippen molar-refractivity contribution < 1.29 is 14.6 Å². The molecule has 2 saturated heterocycles. The maximum absolute atomic E-state index is 12.7. The number of aliphatic hydroxyl groups excluding tert-OH is 1. The normalized spacial score (nSPS) is 31.7. The average molecular weight is 338 g/mol. The number of hydrogen-bond acceptors (Lipinski definition) is 4. The third-order valence-electron chi connectivity index (χ3n) is 6.84. The topological polar surface area (TPSA) is 61.8 Å². The molecule has 1 saturated carbocycles. The number of aliphatic hydroxyl groups is 1. The van der Waals surface area contributed by atoms with Gasteiger partial charge in [0.15, 0.2) is 0 Å². The summed E-state index contributed by atoms with van der Waals surface area (Å²) in [6, 6.07) is 0. The van der Waals surface area contributed by atoms with Gasteiger partial charge in [0.1, 0.15) is 0 Å². The number of nitrogens with zero attached hydrogens (tertiary/aromatic N) is 1. The van der Waals surface area contributed by atoms with Gasteiger partial charge in [-0.1, -0.05) is 6.92 Å². The zero-order valence-electron chi connectivity index (χ0n) is 15.3. The Morgan fingerprint density at radius 1 is 1.33 bits per heavy atom. The van der Waals surface area contributed by atoms with Gasteiger partial charge in [0.2, 0.25) is 5.91 Å². The zero-order chi connectivity index (χ0) is 17.2. The lowest BCUT2D eigenvalue weighted by Crippen LogP contribution is -2.62. The van der Waals surface area contributed by atoms with Crippen LogP contribution in [-0.2, 0) is 9.53 Å². The Kier molecular flexibility index (Phi) is 5.83. The summed E-state index contributed by atoms with van der Waals surface area (Å²) in [7, 11) is 0. The Morgan fingerprint density at radius 3 is 2.58 bits per heavy atom. The standard InChI is InChI=1S/C19H34N2O3/c1-3-24-17-13-16(22)19(17)6-10-21(11-7-19)18(23)12-14(2)15-4-8-20-9-5-15/h14-17,20,22H,3-13H2,1-2H3. The fraction of sp³-hybridized carbons (Fsp3) is 0.947. The summed E-state index contributed by atoms with van der Waals surface area (Å²) in [5.41, 5.74) is -0.0898. The van der Waals surface area contributed by atoms with Crippen LogP contribution in [0.25, 0.3) is 0 Å². The Balaban J connectivity index is 1.48. The fourth-order valence-electron chi connectivity index (χ4n) is 4.97. The molecule has 2 heterocycles. The van der Waals surface area contributed by atoms with E-state index in [-0.39, 0.29) is 17.6 Å². The third-order valence-corrected chi connectivity index (χ3v) is 6.84. The Labute approximate surface area is 146 Å². The second-order valence-electron chi connectivity index (χ2n) is 8.08. The number of hydrogen-bond donors (Lipinski definition) is 2. The van der Waals surface area contributed by atoms with Gasteiger partial charge in [-0.2, -0.15) is 0 Å². The number of amides is 1.